The van der Waals surface area contributed by atoms with Crippen LogP contribution in [0.3, 0.4) is 0 Å². The van der Waals surface area contributed by atoms with Crippen LogP contribution >= 0.6 is 0 Å². The fraction of sp³-hybridized carbons (Fsp3) is 0.130. The molecule has 6 nitrogen and oxygen atoms in total. The van der Waals surface area contributed by atoms with E-state index in [2.05, 4.69) is 10.9 Å². The highest BCUT2D eigenvalue weighted by molar-refractivity contribution is 6.08. The molecule has 0 bridgehead atoms. The molecule has 0 spiro atoms. The van der Waals surface area contributed by atoms with Gasteiger partial charge in [-0.15, -0.1) is 0 Å². The maximum absolute atomic E-state index is 12.8. The minimum absolute atomic E-state index is 0.365. The van der Waals surface area contributed by atoms with Gasteiger partial charge in [0.25, 0.3) is 11.8 Å². The number of nitrogens with one attached hydrogen (secondary N) is 2. The van der Waals surface area contributed by atoms with Crippen LogP contribution in [0.5, 0.6) is 5.75 Å². The zero-order valence-electron chi connectivity index (χ0n) is 16.2. The molecular weight excluding hydrogens is 366 g/mol. The van der Waals surface area contributed by atoms with E-state index in [4.69, 9.17) is 4.74 Å². The van der Waals surface area contributed by atoms with Crippen LogP contribution in [0.25, 0.3) is 21.7 Å². The van der Waals surface area contributed by atoms with Crippen molar-refractivity contribution in [2.75, 3.05) is 6.61 Å². The first-order chi connectivity index (χ1) is 14.1. The Morgan fingerprint density at radius 3 is 2.24 bits per heavy atom. The molecule has 4 aromatic rings. The third-order valence-corrected chi connectivity index (χ3v) is 4.82. The maximum Gasteiger partial charge on any atom is 0.273 e. The summed E-state index contributed by atoms with van der Waals surface area (Å²) < 4.78 is 7.52. The van der Waals surface area contributed by atoms with Crippen molar-refractivity contribution in [3.63, 3.8) is 0 Å². The van der Waals surface area contributed by atoms with E-state index in [0.29, 0.717) is 23.5 Å². The lowest BCUT2D eigenvalue weighted by Gasteiger charge is -2.13. The normalized spacial score (nSPS) is 10.8. The Bertz CT molecular complexity index is 1230. The molecule has 0 saturated heterocycles. The molecule has 0 aliphatic heterocycles. The number of ether oxygens (including phenoxy) is 1. The highest BCUT2D eigenvalue weighted by Gasteiger charge is 2.17. The molecule has 6 heteroatoms. The van der Waals surface area contributed by atoms with Crippen LogP contribution in [0.4, 0.5) is 0 Å². The average Bonchev–Trinajstić information content (AvgIpc) is 3.08. The zero-order valence-corrected chi connectivity index (χ0v) is 16.2. The third-order valence-electron chi connectivity index (χ3n) is 4.82. The van der Waals surface area contributed by atoms with Crippen LogP contribution in [0.15, 0.2) is 66.9 Å². The smallest absolute Gasteiger partial charge is 0.273 e. The Kier molecular flexibility index (Phi) is 4.91. The first-order valence-electron chi connectivity index (χ1n) is 9.39. The van der Waals surface area contributed by atoms with Crippen molar-refractivity contribution in [1.29, 1.82) is 0 Å². The molecule has 0 fully saturated rings. The molecule has 146 valence electrons. The number of carbonyl (C=O) groups is 2. The highest BCUT2D eigenvalue weighted by Crippen LogP contribution is 2.26. The highest BCUT2D eigenvalue weighted by atomic mass is 16.5. The minimum atomic E-state index is -0.437. The summed E-state index contributed by atoms with van der Waals surface area (Å²) in [6.45, 7) is 2.29. The standard InChI is InChI=1S/C23H21N3O3/c1-3-29-21-13-16-9-5-4-8-15(16)12-18(21)22(27)24-25-23(28)19-14-26(2)20-11-7-6-10-17(19)20/h4-14H,3H2,1-2H3,(H,24,27)(H,25,28). The minimum Gasteiger partial charge on any atom is -0.493 e. The third kappa shape index (κ3) is 3.52. The fourth-order valence-corrected chi connectivity index (χ4v) is 3.44. The van der Waals surface area contributed by atoms with Crippen LogP contribution in [0, 0.1) is 0 Å². The van der Waals surface area contributed by atoms with E-state index in [1.807, 2.05) is 73.1 Å². The van der Waals surface area contributed by atoms with E-state index in [9.17, 15) is 9.59 Å². The summed E-state index contributed by atoms with van der Waals surface area (Å²) in [5.74, 6) is -0.343. The van der Waals surface area contributed by atoms with E-state index in [0.717, 1.165) is 21.7 Å². The Morgan fingerprint density at radius 2 is 1.52 bits per heavy atom. The van der Waals surface area contributed by atoms with Crippen molar-refractivity contribution in [3.05, 3.63) is 78.0 Å². The predicted octanol–water partition coefficient (Wildman–Crippen LogP) is 3.81. The van der Waals surface area contributed by atoms with Gasteiger partial charge in [-0.25, -0.2) is 0 Å². The van der Waals surface area contributed by atoms with E-state index in [1.165, 1.54) is 0 Å². The number of benzene rings is 3. The van der Waals surface area contributed by atoms with Crippen molar-refractivity contribution >= 4 is 33.5 Å². The van der Waals surface area contributed by atoms with Gasteiger partial charge in [-0.1, -0.05) is 42.5 Å². The van der Waals surface area contributed by atoms with Gasteiger partial charge in [-0.05, 0) is 35.9 Å². The van der Waals surface area contributed by atoms with Gasteiger partial charge >= 0.3 is 0 Å². The van der Waals surface area contributed by atoms with Crippen LogP contribution in [0.1, 0.15) is 27.6 Å². The predicted molar refractivity (Wildman–Crippen MR) is 113 cm³/mol. The summed E-state index contributed by atoms with van der Waals surface area (Å²) in [5, 5.41) is 2.72. The summed E-state index contributed by atoms with van der Waals surface area (Å²) in [6.07, 6.45) is 1.74. The molecule has 0 aliphatic carbocycles. The van der Waals surface area contributed by atoms with Crippen molar-refractivity contribution < 1.29 is 14.3 Å². The number of para-hydroxylation sites is 1. The second kappa shape index (κ2) is 7.67. The number of aromatic nitrogens is 1. The molecule has 3 aromatic carbocycles. The lowest BCUT2D eigenvalue weighted by molar-refractivity contribution is 0.0845. The van der Waals surface area contributed by atoms with Crippen LogP contribution in [-0.2, 0) is 7.05 Å². The number of nitrogens with zero attached hydrogens (tertiary/aromatic N) is 1. The Morgan fingerprint density at radius 1 is 0.897 bits per heavy atom. The quantitative estimate of drug-likeness (QED) is 0.523. The molecule has 2 N–H and O–H groups in total. The van der Waals surface area contributed by atoms with Gasteiger partial charge in [0.1, 0.15) is 5.75 Å². The fourth-order valence-electron chi connectivity index (χ4n) is 3.44. The number of amides is 2. The summed E-state index contributed by atoms with van der Waals surface area (Å²) >= 11 is 0. The molecule has 0 aliphatic rings. The Labute approximate surface area is 168 Å². The van der Waals surface area contributed by atoms with Crippen LogP contribution in [0.2, 0.25) is 0 Å². The van der Waals surface area contributed by atoms with E-state index in [1.54, 1.807) is 12.3 Å². The Hall–Kier alpha value is -3.80. The SMILES string of the molecule is CCOc1cc2ccccc2cc1C(=O)NNC(=O)c1cn(C)c2ccccc12. The molecule has 0 unspecified atom stereocenters. The summed E-state index contributed by atoms with van der Waals surface area (Å²) in [7, 11) is 1.88. The molecule has 0 saturated carbocycles. The first-order valence-corrected chi connectivity index (χ1v) is 9.39. The van der Waals surface area contributed by atoms with Gasteiger partial charge in [0, 0.05) is 24.1 Å². The molecule has 29 heavy (non-hydrogen) atoms. The number of hydrazine groups is 1. The monoisotopic (exact) mass is 387 g/mol. The lowest BCUT2D eigenvalue weighted by atomic mass is 10.1. The number of hydrogen-bond donors (Lipinski definition) is 2. The van der Waals surface area contributed by atoms with E-state index in [-0.39, 0.29) is 5.91 Å². The second-order valence-electron chi connectivity index (χ2n) is 6.71. The number of carbonyl (C=O) groups excluding carboxylic acids is 2. The number of aryl methyl sites for hydroxylation is 1. The maximum atomic E-state index is 12.8. The number of fused-ring (bicyclic) bond motifs is 2. The lowest BCUT2D eigenvalue weighted by Crippen LogP contribution is -2.41. The Balaban J connectivity index is 1.57. The second-order valence-corrected chi connectivity index (χ2v) is 6.71. The molecule has 0 atom stereocenters. The van der Waals surface area contributed by atoms with Crippen LogP contribution < -0.4 is 15.6 Å². The molecule has 1 heterocycles. The van der Waals surface area contributed by atoms with E-state index >= 15 is 0 Å². The van der Waals surface area contributed by atoms with E-state index < -0.39 is 5.91 Å². The number of hydrogen-bond acceptors (Lipinski definition) is 3. The summed E-state index contributed by atoms with van der Waals surface area (Å²) in [6, 6.07) is 18.9. The van der Waals surface area contributed by atoms with Crippen molar-refractivity contribution in [3.8, 4) is 5.75 Å². The van der Waals surface area contributed by atoms with Crippen molar-refractivity contribution in [2.45, 2.75) is 6.92 Å². The summed E-state index contributed by atoms with van der Waals surface area (Å²) in [4.78, 5) is 25.4. The van der Waals surface area contributed by atoms with Crippen LogP contribution in [-0.4, -0.2) is 23.0 Å². The average molecular weight is 387 g/mol. The topological polar surface area (TPSA) is 72.4 Å². The van der Waals surface area contributed by atoms with Gasteiger partial charge in [-0.2, -0.15) is 0 Å². The van der Waals surface area contributed by atoms with Gasteiger partial charge in [0.05, 0.1) is 17.7 Å². The van der Waals surface area contributed by atoms with Gasteiger partial charge < -0.3 is 9.30 Å². The molecule has 2 amide bonds. The van der Waals surface area contributed by atoms with Crippen molar-refractivity contribution in [1.82, 2.24) is 15.4 Å². The number of rotatable bonds is 4. The molecule has 1 aromatic heterocycles. The summed E-state index contributed by atoms with van der Waals surface area (Å²) in [5.41, 5.74) is 6.82. The zero-order chi connectivity index (χ0) is 20.4. The van der Waals surface area contributed by atoms with Gasteiger partial charge in [-0.3, -0.25) is 20.4 Å². The van der Waals surface area contributed by atoms with Gasteiger partial charge in [0.15, 0.2) is 0 Å². The first kappa shape index (κ1) is 18.6. The van der Waals surface area contributed by atoms with Gasteiger partial charge in [0.2, 0.25) is 0 Å². The molecule has 0 radical (unpaired) electrons. The largest absolute Gasteiger partial charge is 0.493 e. The molecular formula is C23H21N3O3. The van der Waals surface area contributed by atoms with Crippen molar-refractivity contribution in [2.24, 2.45) is 7.05 Å². The molecule has 4 rings (SSSR count).